The van der Waals surface area contributed by atoms with Crippen LogP contribution < -0.4 is 11.1 Å². The van der Waals surface area contributed by atoms with Gasteiger partial charge < -0.3 is 25.5 Å². The molecule has 0 aliphatic rings. The molecule has 0 saturated carbocycles. The largest absolute Gasteiger partial charge is 0.443 e. The number of nitrogens with zero attached hydrogens (tertiary/aromatic N) is 3. The Morgan fingerprint density at radius 3 is 2.40 bits per heavy atom. The van der Waals surface area contributed by atoms with E-state index < -0.39 is 47.4 Å². The summed E-state index contributed by atoms with van der Waals surface area (Å²) in [7, 11) is 0. The Morgan fingerprint density at radius 1 is 1.07 bits per heavy atom. The Labute approximate surface area is 264 Å². The van der Waals surface area contributed by atoms with Crippen LogP contribution in [0.1, 0.15) is 69.8 Å². The number of carbonyl (C=O) groups excluding carboxylic acids is 2. The maximum Gasteiger partial charge on any atom is 0.417 e. The van der Waals surface area contributed by atoms with Crippen molar-refractivity contribution in [1.29, 1.82) is 0 Å². The number of imide groups is 1. The quantitative estimate of drug-likeness (QED) is 0.219. The number of aromatic nitrogens is 2. The van der Waals surface area contributed by atoms with Crippen LogP contribution in [-0.2, 0) is 41.9 Å². The van der Waals surface area contributed by atoms with Gasteiger partial charge >= 0.3 is 6.09 Å². The number of rotatable bonds is 15. The highest BCUT2D eigenvalue weighted by molar-refractivity contribution is 5.95. The first-order valence-corrected chi connectivity index (χ1v) is 15.5. The molecule has 0 aliphatic heterocycles. The van der Waals surface area contributed by atoms with Crippen LogP contribution in [0, 0.1) is 11.6 Å². The minimum absolute atomic E-state index is 0.0373. The summed E-state index contributed by atoms with van der Waals surface area (Å²) >= 11 is 0. The van der Waals surface area contributed by atoms with E-state index in [2.05, 4.69) is 24.1 Å². The smallest absolute Gasteiger partial charge is 0.417 e. The number of ether oxygens (including phenoxy) is 1. The zero-order chi connectivity index (χ0) is 33.1. The van der Waals surface area contributed by atoms with Gasteiger partial charge in [0.05, 0.1) is 24.5 Å². The van der Waals surface area contributed by atoms with Gasteiger partial charge in [0.1, 0.15) is 17.2 Å². The van der Waals surface area contributed by atoms with Gasteiger partial charge in [-0.3, -0.25) is 4.79 Å². The summed E-state index contributed by atoms with van der Waals surface area (Å²) < 4.78 is 36.0. The molecular formula is C34H47F2N5O4. The Morgan fingerprint density at radius 2 is 1.76 bits per heavy atom. The molecule has 0 fully saturated rings. The van der Waals surface area contributed by atoms with Gasteiger partial charge in [-0.2, -0.15) is 0 Å². The lowest BCUT2D eigenvalue weighted by molar-refractivity contribution is -0.136. The molecular weight excluding hydrogens is 580 g/mol. The zero-order valence-electron chi connectivity index (χ0n) is 26.9. The van der Waals surface area contributed by atoms with Gasteiger partial charge in [-0.05, 0) is 68.9 Å². The number of aliphatic hydroxyl groups is 1. The minimum atomic E-state index is -1.34. The minimum Gasteiger partial charge on any atom is -0.443 e. The van der Waals surface area contributed by atoms with Crippen molar-refractivity contribution in [2.75, 3.05) is 6.54 Å². The van der Waals surface area contributed by atoms with E-state index >= 15 is 0 Å². The molecule has 246 valence electrons. The fraction of sp³-hybridized carbons (Fsp3) is 0.500. The molecule has 0 spiro atoms. The van der Waals surface area contributed by atoms with Crippen LogP contribution in [0.15, 0.2) is 55.0 Å². The Kier molecular flexibility index (Phi) is 13.2. The molecule has 0 unspecified atom stereocenters. The molecule has 2 amide bonds. The SMILES string of the molecule is CCCCn1cncc1C[C@H](N)C(=O)N(C(=O)OC(C)(C)C)[C@@H](Cc1cc(F)cc(F)c1)[C@H](O)CNCc1cccc(CC)c1. The number of aliphatic hydroxyl groups excluding tert-OH is 1. The lowest BCUT2D eigenvalue weighted by Crippen LogP contribution is -2.59. The van der Waals surface area contributed by atoms with E-state index in [4.69, 9.17) is 10.5 Å². The molecule has 0 saturated heterocycles. The first-order valence-electron chi connectivity index (χ1n) is 15.5. The van der Waals surface area contributed by atoms with Crippen LogP contribution in [0.25, 0.3) is 0 Å². The number of nitrogens with two attached hydrogens (primary N) is 1. The van der Waals surface area contributed by atoms with Crippen LogP contribution in [0.3, 0.4) is 0 Å². The molecule has 3 atom stereocenters. The number of imidazole rings is 1. The zero-order valence-corrected chi connectivity index (χ0v) is 26.9. The molecule has 0 bridgehead atoms. The predicted octanol–water partition coefficient (Wildman–Crippen LogP) is 4.92. The number of amides is 2. The third-order valence-electron chi connectivity index (χ3n) is 7.35. The number of unbranched alkanes of at least 4 members (excludes halogenated alkanes) is 1. The van der Waals surface area contributed by atoms with Crippen LogP contribution in [0.4, 0.5) is 13.6 Å². The third-order valence-corrected chi connectivity index (χ3v) is 7.35. The van der Waals surface area contributed by atoms with Gasteiger partial charge in [0.2, 0.25) is 5.91 Å². The molecule has 45 heavy (non-hydrogen) atoms. The fourth-order valence-electron chi connectivity index (χ4n) is 5.07. The number of aryl methyl sites for hydroxylation is 2. The number of hydrogen-bond donors (Lipinski definition) is 3. The van der Waals surface area contributed by atoms with Crippen molar-refractivity contribution < 1.29 is 28.2 Å². The van der Waals surface area contributed by atoms with E-state index in [0.717, 1.165) is 53.5 Å². The van der Waals surface area contributed by atoms with E-state index in [1.54, 1.807) is 33.3 Å². The second-order valence-corrected chi connectivity index (χ2v) is 12.4. The molecule has 9 nitrogen and oxygen atoms in total. The maximum absolute atomic E-state index is 14.2. The number of benzene rings is 2. The van der Waals surface area contributed by atoms with Crippen molar-refractivity contribution in [1.82, 2.24) is 19.8 Å². The topological polar surface area (TPSA) is 123 Å². The van der Waals surface area contributed by atoms with E-state index in [9.17, 15) is 23.5 Å². The average Bonchev–Trinajstić information content (AvgIpc) is 3.40. The highest BCUT2D eigenvalue weighted by Crippen LogP contribution is 2.21. The summed E-state index contributed by atoms with van der Waals surface area (Å²) in [6.07, 6.45) is 3.51. The maximum atomic E-state index is 14.2. The highest BCUT2D eigenvalue weighted by Gasteiger charge is 2.40. The molecule has 0 aliphatic carbocycles. The van der Waals surface area contributed by atoms with Gasteiger partial charge in [0, 0.05) is 44.0 Å². The van der Waals surface area contributed by atoms with Crippen LogP contribution in [0.5, 0.6) is 0 Å². The van der Waals surface area contributed by atoms with Crippen LogP contribution in [0.2, 0.25) is 0 Å². The molecule has 1 heterocycles. The summed E-state index contributed by atoms with van der Waals surface area (Å²) in [6, 6.07) is 8.46. The van der Waals surface area contributed by atoms with Crippen molar-refractivity contribution in [2.45, 2.75) is 104 Å². The second kappa shape index (κ2) is 16.6. The lowest BCUT2D eigenvalue weighted by atomic mass is 9.98. The molecule has 11 heteroatoms. The summed E-state index contributed by atoms with van der Waals surface area (Å²) in [6.45, 7) is 10.2. The van der Waals surface area contributed by atoms with E-state index in [1.165, 1.54) is 0 Å². The summed E-state index contributed by atoms with van der Waals surface area (Å²) in [5, 5.41) is 14.7. The normalized spacial score (nSPS) is 13.7. The van der Waals surface area contributed by atoms with Gasteiger partial charge in [-0.25, -0.2) is 23.5 Å². The predicted molar refractivity (Wildman–Crippen MR) is 169 cm³/mol. The Balaban J connectivity index is 1.94. The van der Waals surface area contributed by atoms with Crippen molar-refractivity contribution in [3.05, 3.63) is 89.0 Å². The first kappa shape index (κ1) is 35.8. The first-order chi connectivity index (χ1) is 21.3. The van der Waals surface area contributed by atoms with Crippen molar-refractivity contribution in [2.24, 2.45) is 5.73 Å². The highest BCUT2D eigenvalue weighted by atomic mass is 19.1. The molecule has 3 aromatic rings. The third kappa shape index (κ3) is 11.0. The van der Waals surface area contributed by atoms with Crippen molar-refractivity contribution >= 4 is 12.0 Å². The molecule has 3 rings (SSSR count). The van der Waals surface area contributed by atoms with Crippen LogP contribution >= 0.6 is 0 Å². The molecule has 1 aromatic heterocycles. The van der Waals surface area contributed by atoms with Gasteiger partial charge in [0.15, 0.2) is 0 Å². The fourth-order valence-corrected chi connectivity index (χ4v) is 5.07. The Bertz CT molecular complexity index is 1390. The van der Waals surface area contributed by atoms with Crippen LogP contribution in [-0.4, -0.2) is 61.9 Å². The summed E-state index contributed by atoms with van der Waals surface area (Å²) in [5.41, 5.74) is 8.47. The second-order valence-electron chi connectivity index (χ2n) is 12.4. The molecule has 4 N–H and O–H groups in total. The van der Waals surface area contributed by atoms with Gasteiger partial charge in [-0.1, -0.05) is 44.5 Å². The van der Waals surface area contributed by atoms with E-state index in [0.29, 0.717) is 18.8 Å². The molecule has 2 aromatic carbocycles. The number of carbonyl (C=O) groups is 2. The van der Waals surface area contributed by atoms with E-state index in [1.807, 2.05) is 28.8 Å². The lowest BCUT2D eigenvalue weighted by Gasteiger charge is -2.36. The molecule has 0 radical (unpaired) electrons. The number of nitrogens with one attached hydrogen (secondary N) is 1. The standard InChI is InChI=1S/C34H47F2N5O4/c1-6-8-12-40-22-39-20-28(40)18-29(37)32(43)41(33(44)45-34(3,4)5)30(16-25-14-26(35)17-27(36)15-25)31(42)21-38-19-24-11-9-10-23(7-2)13-24/h9-11,13-15,17,20,22,29-31,38,42H,6-8,12,16,18-19,21,37H2,1-5H3/t29-,30-,31+/m0/s1. The van der Waals surface area contributed by atoms with E-state index in [-0.39, 0.29) is 24.9 Å². The monoisotopic (exact) mass is 627 g/mol. The van der Waals surface area contributed by atoms with Gasteiger partial charge in [0.25, 0.3) is 0 Å². The average molecular weight is 628 g/mol. The van der Waals surface area contributed by atoms with Crippen molar-refractivity contribution in [3.63, 3.8) is 0 Å². The Hall–Kier alpha value is -3.67. The number of hydrogen-bond acceptors (Lipinski definition) is 7. The summed E-state index contributed by atoms with van der Waals surface area (Å²) in [4.78, 5) is 32.7. The number of halogens is 2. The van der Waals surface area contributed by atoms with Gasteiger partial charge in [-0.15, -0.1) is 0 Å². The van der Waals surface area contributed by atoms with Crippen molar-refractivity contribution in [3.8, 4) is 0 Å². The summed E-state index contributed by atoms with van der Waals surface area (Å²) in [5.74, 6) is -2.43.